The van der Waals surface area contributed by atoms with Gasteiger partial charge in [0.25, 0.3) is 5.91 Å². The molecule has 0 fully saturated rings. The molecule has 0 aliphatic rings. The first-order valence-corrected chi connectivity index (χ1v) is 10.1. The predicted octanol–water partition coefficient (Wildman–Crippen LogP) is 3.98. The summed E-state index contributed by atoms with van der Waals surface area (Å²) in [7, 11) is 0. The third-order valence-corrected chi connectivity index (χ3v) is 4.67. The van der Waals surface area contributed by atoms with Crippen molar-refractivity contribution in [2.45, 2.75) is 40.3 Å². The van der Waals surface area contributed by atoms with Gasteiger partial charge in [-0.25, -0.2) is 4.99 Å². The molecule has 150 valence electrons. The number of hydrogen-bond donors (Lipinski definition) is 2. The second-order valence-corrected chi connectivity index (χ2v) is 6.65. The molecule has 1 unspecified atom stereocenters. The number of hydrogen-bond acceptors (Lipinski definition) is 2. The van der Waals surface area contributed by atoms with Gasteiger partial charge in [-0.1, -0.05) is 42.5 Å². The zero-order chi connectivity index (χ0) is 20.4. The Kier molecular flexibility index (Phi) is 8.53. The first-order valence-electron chi connectivity index (χ1n) is 10.1. The first-order chi connectivity index (χ1) is 13.6. The number of carbonyl (C=O) groups is 1. The molecule has 5 nitrogen and oxygen atoms in total. The van der Waals surface area contributed by atoms with Crippen LogP contribution in [0.25, 0.3) is 0 Å². The third-order valence-electron chi connectivity index (χ3n) is 4.67. The SMILES string of the molecule is CCNC(=NCc1ccc(C(=O)N(CC)CC)cc1)NC(C)c1ccccc1. The van der Waals surface area contributed by atoms with Gasteiger partial charge in [0.1, 0.15) is 0 Å². The van der Waals surface area contributed by atoms with Gasteiger partial charge in [-0.2, -0.15) is 0 Å². The number of guanidine groups is 1. The average molecular weight is 381 g/mol. The van der Waals surface area contributed by atoms with Crippen LogP contribution in [0.2, 0.25) is 0 Å². The highest BCUT2D eigenvalue weighted by molar-refractivity contribution is 5.94. The standard InChI is InChI=1S/C23H32N4O/c1-5-24-23(26-18(4)20-11-9-8-10-12-20)25-17-19-13-15-21(16-14-19)22(28)27(6-2)7-3/h8-16,18H,5-7,17H2,1-4H3,(H2,24,25,26). The summed E-state index contributed by atoms with van der Waals surface area (Å²) in [6.45, 7) is 11.0. The van der Waals surface area contributed by atoms with Crippen molar-refractivity contribution < 1.29 is 4.79 Å². The highest BCUT2D eigenvalue weighted by atomic mass is 16.2. The molecule has 0 aliphatic carbocycles. The Bertz CT molecular complexity index is 752. The summed E-state index contributed by atoms with van der Waals surface area (Å²) in [5, 5.41) is 6.73. The molecule has 5 heteroatoms. The van der Waals surface area contributed by atoms with Crippen LogP contribution in [0, 0.1) is 0 Å². The molecule has 2 rings (SSSR count). The number of rotatable bonds is 8. The summed E-state index contributed by atoms with van der Waals surface area (Å²) in [5.74, 6) is 0.855. The summed E-state index contributed by atoms with van der Waals surface area (Å²) < 4.78 is 0. The molecule has 2 aromatic carbocycles. The minimum absolute atomic E-state index is 0.0757. The highest BCUT2D eigenvalue weighted by Gasteiger charge is 2.12. The van der Waals surface area contributed by atoms with Crippen LogP contribution in [0.3, 0.4) is 0 Å². The summed E-state index contributed by atoms with van der Waals surface area (Å²) >= 11 is 0. The van der Waals surface area contributed by atoms with Crippen molar-refractivity contribution in [2.75, 3.05) is 19.6 Å². The molecule has 1 atom stereocenters. The molecular weight excluding hydrogens is 348 g/mol. The van der Waals surface area contributed by atoms with Gasteiger partial charge in [-0.05, 0) is 51.0 Å². The van der Waals surface area contributed by atoms with Gasteiger partial charge in [0.05, 0.1) is 12.6 Å². The van der Waals surface area contributed by atoms with E-state index < -0.39 is 0 Å². The molecule has 0 heterocycles. The Morgan fingerprint density at radius 1 is 1.00 bits per heavy atom. The molecule has 0 bridgehead atoms. The first kappa shape index (κ1) is 21.5. The molecule has 1 amide bonds. The van der Waals surface area contributed by atoms with Crippen molar-refractivity contribution in [3.05, 3.63) is 71.3 Å². The lowest BCUT2D eigenvalue weighted by atomic mass is 10.1. The van der Waals surface area contributed by atoms with Gasteiger partial charge in [-0.15, -0.1) is 0 Å². The highest BCUT2D eigenvalue weighted by Crippen LogP contribution is 2.12. The fourth-order valence-electron chi connectivity index (χ4n) is 2.97. The van der Waals surface area contributed by atoms with Gasteiger partial charge in [-0.3, -0.25) is 4.79 Å². The second-order valence-electron chi connectivity index (χ2n) is 6.65. The molecule has 0 aliphatic heterocycles. The number of aliphatic imine (C=N–C) groups is 1. The Balaban J connectivity index is 2.03. The second kappa shape index (κ2) is 11.1. The van der Waals surface area contributed by atoms with Gasteiger partial charge in [0.2, 0.25) is 0 Å². The lowest BCUT2D eigenvalue weighted by Gasteiger charge is -2.19. The predicted molar refractivity (Wildman–Crippen MR) is 117 cm³/mol. The number of amides is 1. The molecular formula is C23H32N4O. The van der Waals surface area contributed by atoms with Gasteiger partial charge in [0, 0.05) is 25.2 Å². The van der Waals surface area contributed by atoms with Crippen molar-refractivity contribution in [3.63, 3.8) is 0 Å². The quantitative estimate of drug-likeness (QED) is 0.538. The Labute approximate surface area is 168 Å². The number of carbonyl (C=O) groups excluding carboxylic acids is 1. The summed E-state index contributed by atoms with van der Waals surface area (Å²) in [6, 6.07) is 18.2. The molecule has 2 N–H and O–H groups in total. The van der Waals surface area contributed by atoms with Crippen LogP contribution >= 0.6 is 0 Å². The lowest BCUT2D eigenvalue weighted by Crippen LogP contribution is -2.38. The van der Waals surface area contributed by atoms with Crippen molar-refractivity contribution in [1.82, 2.24) is 15.5 Å². The van der Waals surface area contributed by atoms with E-state index in [1.165, 1.54) is 5.56 Å². The van der Waals surface area contributed by atoms with Crippen LogP contribution in [0.5, 0.6) is 0 Å². The molecule has 28 heavy (non-hydrogen) atoms. The van der Waals surface area contributed by atoms with E-state index in [2.05, 4.69) is 36.6 Å². The lowest BCUT2D eigenvalue weighted by molar-refractivity contribution is 0.0773. The minimum Gasteiger partial charge on any atom is -0.357 e. The van der Waals surface area contributed by atoms with Gasteiger partial charge < -0.3 is 15.5 Å². The van der Waals surface area contributed by atoms with E-state index in [0.29, 0.717) is 6.54 Å². The summed E-state index contributed by atoms with van der Waals surface area (Å²) in [6.07, 6.45) is 0. The number of nitrogens with zero attached hydrogens (tertiary/aromatic N) is 2. The van der Waals surface area contributed by atoms with Crippen molar-refractivity contribution >= 4 is 11.9 Å². The van der Waals surface area contributed by atoms with Crippen molar-refractivity contribution in [3.8, 4) is 0 Å². The topological polar surface area (TPSA) is 56.7 Å². The third kappa shape index (κ3) is 6.12. The molecule has 0 spiro atoms. The Hall–Kier alpha value is -2.82. The molecule has 0 radical (unpaired) electrons. The number of nitrogens with one attached hydrogen (secondary N) is 2. The maximum atomic E-state index is 12.4. The van der Waals surface area contributed by atoms with Crippen LogP contribution in [0.4, 0.5) is 0 Å². The van der Waals surface area contributed by atoms with E-state index in [1.807, 2.05) is 61.2 Å². The maximum absolute atomic E-state index is 12.4. The fraction of sp³-hybridized carbons (Fsp3) is 0.391. The van der Waals surface area contributed by atoms with E-state index in [9.17, 15) is 4.79 Å². The van der Waals surface area contributed by atoms with E-state index >= 15 is 0 Å². The molecule has 0 saturated heterocycles. The zero-order valence-corrected chi connectivity index (χ0v) is 17.4. The van der Waals surface area contributed by atoms with Gasteiger partial charge in [0.15, 0.2) is 5.96 Å². The van der Waals surface area contributed by atoms with Crippen molar-refractivity contribution in [2.24, 2.45) is 4.99 Å². The van der Waals surface area contributed by atoms with Crippen LogP contribution in [-0.4, -0.2) is 36.4 Å². The Morgan fingerprint density at radius 3 is 2.21 bits per heavy atom. The smallest absolute Gasteiger partial charge is 0.253 e. The van der Waals surface area contributed by atoms with E-state index in [-0.39, 0.29) is 11.9 Å². The monoisotopic (exact) mass is 380 g/mol. The largest absolute Gasteiger partial charge is 0.357 e. The molecule has 0 saturated carbocycles. The van der Waals surface area contributed by atoms with Crippen LogP contribution in [0.15, 0.2) is 59.6 Å². The van der Waals surface area contributed by atoms with Crippen LogP contribution in [0.1, 0.15) is 55.2 Å². The average Bonchev–Trinajstić information content (AvgIpc) is 2.74. The van der Waals surface area contributed by atoms with E-state index in [4.69, 9.17) is 4.99 Å². The summed E-state index contributed by atoms with van der Waals surface area (Å²) in [4.78, 5) is 18.9. The maximum Gasteiger partial charge on any atom is 0.253 e. The Morgan fingerprint density at radius 2 is 1.64 bits per heavy atom. The van der Waals surface area contributed by atoms with Gasteiger partial charge >= 0.3 is 0 Å². The van der Waals surface area contributed by atoms with Crippen LogP contribution in [-0.2, 0) is 6.54 Å². The minimum atomic E-state index is 0.0757. The molecule has 2 aromatic rings. The van der Waals surface area contributed by atoms with Crippen LogP contribution < -0.4 is 10.6 Å². The summed E-state index contributed by atoms with van der Waals surface area (Å²) in [5.41, 5.74) is 3.01. The zero-order valence-electron chi connectivity index (χ0n) is 17.4. The van der Waals surface area contributed by atoms with E-state index in [1.54, 1.807) is 0 Å². The number of benzene rings is 2. The fourth-order valence-corrected chi connectivity index (χ4v) is 2.97. The van der Waals surface area contributed by atoms with E-state index in [0.717, 1.165) is 36.7 Å². The molecule has 0 aromatic heterocycles. The normalized spacial score (nSPS) is 12.4. The van der Waals surface area contributed by atoms with Crippen molar-refractivity contribution in [1.29, 1.82) is 0 Å².